The molecule has 0 aromatic heterocycles. The lowest BCUT2D eigenvalue weighted by Gasteiger charge is -2.21. The summed E-state index contributed by atoms with van der Waals surface area (Å²) in [6.45, 7) is 14.1. The molecule has 90 heavy (non-hydrogen) atoms. The van der Waals surface area contributed by atoms with Gasteiger partial charge < -0.3 is 33.8 Å². The van der Waals surface area contributed by atoms with Crippen molar-refractivity contribution in [3.8, 4) is 0 Å². The van der Waals surface area contributed by atoms with Crippen LogP contribution in [-0.2, 0) is 65.4 Å². The van der Waals surface area contributed by atoms with Crippen molar-refractivity contribution in [1.29, 1.82) is 0 Å². The second-order valence-electron chi connectivity index (χ2n) is 27.3. The van der Waals surface area contributed by atoms with Gasteiger partial charge in [-0.2, -0.15) is 0 Å². The molecule has 0 amide bonds. The molecule has 0 fully saturated rings. The van der Waals surface area contributed by atoms with E-state index < -0.39 is 97.5 Å². The Morgan fingerprint density at radius 2 is 0.533 bits per heavy atom. The van der Waals surface area contributed by atoms with Gasteiger partial charge in [-0.1, -0.05) is 299 Å². The molecule has 534 valence electrons. The number of aliphatic hydroxyl groups excluding tert-OH is 1. The number of ether oxygens (including phenoxy) is 4. The van der Waals surface area contributed by atoms with Crippen LogP contribution in [0.1, 0.15) is 351 Å². The van der Waals surface area contributed by atoms with Crippen LogP contribution in [0.15, 0.2) is 0 Å². The normalized spacial score (nSPS) is 14.6. The van der Waals surface area contributed by atoms with E-state index in [1.807, 2.05) is 0 Å². The highest BCUT2D eigenvalue weighted by molar-refractivity contribution is 7.47. The molecule has 0 heterocycles. The molecule has 0 bridgehead atoms. The summed E-state index contributed by atoms with van der Waals surface area (Å²) in [6.07, 6.45) is 43.1. The Hall–Kier alpha value is -1.94. The Balaban J connectivity index is 5.25. The Bertz CT molecular complexity index is 1780. The average molecular weight is 1330 g/mol. The smallest absolute Gasteiger partial charge is 0.462 e. The van der Waals surface area contributed by atoms with Gasteiger partial charge >= 0.3 is 39.5 Å². The molecule has 0 saturated heterocycles. The lowest BCUT2D eigenvalue weighted by molar-refractivity contribution is -0.161. The van der Waals surface area contributed by atoms with Crippen LogP contribution >= 0.6 is 15.6 Å². The van der Waals surface area contributed by atoms with Crippen molar-refractivity contribution < 1.29 is 80.2 Å². The van der Waals surface area contributed by atoms with Crippen molar-refractivity contribution in [3.05, 3.63) is 0 Å². The van der Waals surface area contributed by atoms with E-state index in [1.165, 1.54) is 154 Å². The minimum absolute atomic E-state index is 0.102. The molecule has 0 spiro atoms. The molecule has 17 nitrogen and oxygen atoms in total. The third-order valence-electron chi connectivity index (χ3n) is 16.7. The summed E-state index contributed by atoms with van der Waals surface area (Å²) in [4.78, 5) is 72.6. The molecule has 3 N–H and O–H groups in total. The molecule has 6 atom stereocenters. The quantitative estimate of drug-likeness (QED) is 0.0222. The van der Waals surface area contributed by atoms with E-state index in [1.54, 1.807) is 0 Å². The predicted octanol–water partition coefficient (Wildman–Crippen LogP) is 20.1. The van der Waals surface area contributed by atoms with Gasteiger partial charge in [0.2, 0.25) is 0 Å². The van der Waals surface area contributed by atoms with Gasteiger partial charge in [-0.05, 0) is 49.4 Å². The maximum atomic E-state index is 13.0. The van der Waals surface area contributed by atoms with E-state index in [0.717, 1.165) is 114 Å². The molecule has 0 aliphatic rings. The number of rotatable bonds is 68. The van der Waals surface area contributed by atoms with Crippen LogP contribution in [0.4, 0.5) is 0 Å². The number of hydrogen-bond acceptors (Lipinski definition) is 15. The van der Waals surface area contributed by atoms with Crippen molar-refractivity contribution in [2.75, 3.05) is 39.6 Å². The number of phosphoric ester groups is 2. The van der Waals surface area contributed by atoms with E-state index in [9.17, 15) is 43.2 Å². The summed E-state index contributed by atoms with van der Waals surface area (Å²) >= 11 is 0. The molecule has 4 unspecified atom stereocenters. The fraction of sp³-hybridized carbons (Fsp3) is 0.944. The van der Waals surface area contributed by atoms with Crippen molar-refractivity contribution in [3.63, 3.8) is 0 Å². The van der Waals surface area contributed by atoms with Crippen LogP contribution in [0.5, 0.6) is 0 Å². The second kappa shape index (κ2) is 60.7. The number of aliphatic hydroxyl groups is 1. The molecule has 0 saturated carbocycles. The second-order valence-corrected chi connectivity index (χ2v) is 30.2. The predicted molar refractivity (Wildman–Crippen MR) is 363 cm³/mol. The number of phosphoric acid groups is 2. The number of unbranched alkanes of at least 4 members (excludes halogenated alkanes) is 33. The van der Waals surface area contributed by atoms with E-state index in [2.05, 4.69) is 55.4 Å². The summed E-state index contributed by atoms with van der Waals surface area (Å²) in [5.74, 6) is 0.863. The van der Waals surface area contributed by atoms with E-state index >= 15 is 0 Å². The molecular weight excluding hydrogens is 1190 g/mol. The topological polar surface area (TPSA) is 237 Å². The standard InChI is InChI=1S/C71H138O17P2/c1-9-64(8)50-42-34-29-30-38-46-54-71(76)88-67(58-82-69(74)52-44-36-27-22-21-25-33-41-49-63(6)7)60-86-90(79,80)84-56-65(72)55-83-89(77,78)85-59-66(87-70(75)53-45-37-28-20-16-12-14-18-24-32-40-48-62(4)5)57-81-68(73)51-43-35-26-19-15-11-10-13-17-23-31-39-47-61(2)3/h61-67,72H,9-60H2,1-8H3,(H,77,78)(H,79,80)/t64?,65?,66-,67-/m1/s1. The van der Waals surface area contributed by atoms with Gasteiger partial charge in [0.25, 0.3) is 0 Å². The van der Waals surface area contributed by atoms with Crippen molar-refractivity contribution in [2.24, 2.45) is 23.7 Å². The zero-order valence-electron chi connectivity index (χ0n) is 58.8. The van der Waals surface area contributed by atoms with Crippen molar-refractivity contribution in [2.45, 2.75) is 369 Å². The highest BCUT2D eigenvalue weighted by atomic mass is 31.2. The molecule has 0 aliphatic heterocycles. The van der Waals surface area contributed by atoms with Crippen LogP contribution in [0.25, 0.3) is 0 Å². The number of hydrogen-bond donors (Lipinski definition) is 3. The summed E-state index contributed by atoms with van der Waals surface area (Å²) in [7, 11) is -9.90. The van der Waals surface area contributed by atoms with E-state index in [-0.39, 0.29) is 25.7 Å². The molecule has 0 aromatic carbocycles. The number of carbonyl (C=O) groups excluding carboxylic acids is 4. The minimum Gasteiger partial charge on any atom is -0.462 e. The van der Waals surface area contributed by atoms with Crippen LogP contribution in [0.3, 0.4) is 0 Å². The van der Waals surface area contributed by atoms with Crippen molar-refractivity contribution in [1.82, 2.24) is 0 Å². The van der Waals surface area contributed by atoms with E-state index in [0.29, 0.717) is 25.7 Å². The highest BCUT2D eigenvalue weighted by Gasteiger charge is 2.30. The summed E-state index contributed by atoms with van der Waals surface area (Å²) in [5, 5.41) is 10.6. The van der Waals surface area contributed by atoms with Gasteiger partial charge in [0.1, 0.15) is 19.3 Å². The molecule has 0 aromatic rings. The van der Waals surface area contributed by atoms with Gasteiger partial charge in [0.05, 0.1) is 26.4 Å². The molecule has 19 heteroatoms. The van der Waals surface area contributed by atoms with Gasteiger partial charge in [0, 0.05) is 25.7 Å². The molecule has 0 rings (SSSR count). The average Bonchev–Trinajstić information content (AvgIpc) is 2.99. The molecular formula is C71H138O17P2. The van der Waals surface area contributed by atoms with Crippen LogP contribution in [0.2, 0.25) is 0 Å². The number of carbonyl (C=O) groups is 4. The Morgan fingerprint density at radius 1 is 0.311 bits per heavy atom. The third-order valence-corrected chi connectivity index (χ3v) is 18.6. The molecule has 0 radical (unpaired) electrons. The monoisotopic (exact) mass is 1320 g/mol. The Morgan fingerprint density at radius 3 is 0.789 bits per heavy atom. The number of esters is 4. The van der Waals surface area contributed by atoms with Gasteiger partial charge in [-0.25, -0.2) is 9.13 Å². The first-order valence-electron chi connectivity index (χ1n) is 36.7. The van der Waals surface area contributed by atoms with Gasteiger partial charge in [-0.3, -0.25) is 37.3 Å². The fourth-order valence-corrected chi connectivity index (χ4v) is 12.2. The largest absolute Gasteiger partial charge is 0.472 e. The van der Waals surface area contributed by atoms with Crippen LogP contribution in [0, 0.1) is 23.7 Å². The highest BCUT2D eigenvalue weighted by Crippen LogP contribution is 2.45. The Kier molecular flexibility index (Phi) is 59.4. The lowest BCUT2D eigenvalue weighted by Crippen LogP contribution is -2.30. The van der Waals surface area contributed by atoms with E-state index in [4.69, 9.17) is 37.0 Å². The SMILES string of the molecule is CCC(C)CCCCCCCCC(=O)O[C@H](COC(=O)CCCCCCCCCCC(C)C)COP(=O)(O)OCC(O)COP(=O)(O)OC[C@@H](COC(=O)CCCCCCCCCCCCCCC(C)C)OC(=O)CCCCCCCCCCCCCC(C)C. The van der Waals surface area contributed by atoms with Crippen LogP contribution < -0.4 is 0 Å². The van der Waals surface area contributed by atoms with Crippen LogP contribution in [-0.4, -0.2) is 96.7 Å². The first-order valence-corrected chi connectivity index (χ1v) is 39.7. The first-order chi connectivity index (χ1) is 43.1. The zero-order chi connectivity index (χ0) is 66.8. The zero-order valence-corrected chi connectivity index (χ0v) is 60.6. The summed E-state index contributed by atoms with van der Waals surface area (Å²) in [5.41, 5.74) is 0. The third kappa shape index (κ3) is 63.5. The molecule has 0 aliphatic carbocycles. The Labute approximate surface area is 549 Å². The van der Waals surface area contributed by atoms with Crippen molar-refractivity contribution >= 4 is 39.5 Å². The van der Waals surface area contributed by atoms with Gasteiger partial charge in [-0.15, -0.1) is 0 Å². The minimum atomic E-state index is -4.95. The maximum Gasteiger partial charge on any atom is 0.472 e. The summed E-state index contributed by atoms with van der Waals surface area (Å²) < 4.78 is 68.3. The lowest BCUT2D eigenvalue weighted by atomic mass is 10.00. The fourth-order valence-electron chi connectivity index (χ4n) is 10.6. The van der Waals surface area contributed by atoms with Gasteiger partial charge in [0.15, 0.2) is 12.2 Å². The maximum absolute atomic E-state index is 13.0. The summed E-state index contributed by atoms with van der Waals surface area (Å²) in [6, 6.07) is 0. The first kappa shape index (κ1) is 88.1.